The van der Waals surface area contributed by atoms with E-state index >= 15 is 0 Å². The number of amides is 1. The van der Waals surface area contributed by atoms with Gasteiger partial charge in [0.25, 0.3) is 0 Å². The molecule has 2 aromatic rings. The SMILES string of the molecule is COc1ccc([C@@H]2C[C@H]2C(=O)NCc2ccccc2CN(C)C)cc1. The zero-order valence-corrected chi connectivity index (χ0v) is 15.2. The van der Waals surface area contributed by atoms with E-state index in [2.05, 4.69) is 48.6 Å². The van der Waals surface area contributed by atoms with Gasteiger partial charge >= 0.3 is 0 Å². The Bertz CT molecular complexity index is 725. The van der Waals surface area contributed by atoms with Gasteiger partial charge in [0.05, 0.1) is 7.11 Å². The monoisotopic (exact) mass is 338 g/mol. The molecule has 4 nitrogen and oxygen atoms in total. The summed E-state index contributed by atoms with van der Waals surface area (Å²) >= 11 is 0. The molecule has 2 atom stereocenters. The van der Waals surface area contributed by atoms with Gasteiger partial charge in [-0.25, -0.2) is 0 Å². The summed E-state index contributed by atoms with van der Waals surface area (Å²) in [5.41, 5.74) is 3.66. The molecule has 2 aromatic carbocycles. The van der Waals surface area contributed by atoms with Crippen LogP contribution in [0.15, 0.2) is 48.5 Å². The number of carbonyl (C=O) groups is 1. The van der Waals surface area contributed by atoms with Crippen LogP contribution >= 0.6 is 0 Å². The summed E-state index contributed by atoms with van der Waals surface area (Å²) in [6.07, 6.45) is 0.928. The van der Waals surface area contributed by atoms with Crippen LogP contribution in [0.1, 0.15) is 29.0 Å². The lowest BCUT2D eigenvalue weighted by atomic mass is 10.1. The van der Waals surface area contributed by atoms with Gasteiger partial charge in [0.1, 0.15) is 5.75 Å². The molecule has 1 amide bonds. The maximum absolute atomic E-state index is 12.5. The second-order valence-electron chi connectivity index (χ2n) is 6.95. The predicted molar refractivity (Wildman–Crippen MR) is 99.5 cm³/mol. The first-order valence-corrected chi connectivity index (χ1v) is 8.71. The molecule has 3 rings (SSSR count). The highest BCUT2D eigenvalue weighted by molar-refractivity contribution is 5.82. The van der Waals surface area contributed by atoms with Crippen molar-refractivity contribution in [2.45, 2.75) is 25.4 Å². The molecule has 0 aliphatic heterocycles. The zero-order chi connectivity index (χ0) is 17.8. The van der Waals surface area contributed by atoms with Crippen molar-refractivity contribution in [3.8, 4) is 5.75 Å². The van der Waals surface area contributed by atoms with E-state index < -0.39 is 0 Å². The van der Waals surface area contributed by atoms with Crippen molar-refractivity contribution in [1.29, 1.82) is 0 Å². The second kappa shape index (κ2) is 7.70. The predicted octanol–water partition coefficient (Wildman–Crippen LogP) is 3.18. The lowest BCUT2D eigenvalue weighted by Crippen LogP contribution is -2.26. The standard InChI is InChI=1S/C21H26N2O2/c1-23(2)14-17-7-5-4-6-16(17)13-22-21(24)20-12-19(20)15-8-10-18(25-3)11-9-15/h4-11,19-20H,12-14H2,1-3H3,(H,22,24)/t19-,20+/m0/s1. The van der Waals surface area contributed by atoms with E-state index in [4.69, 9.17) is 4.74 Å². The topological polar surface area (TPSA) is 41.6 Å². The molecule has 0 aromatic heterocycles. The van der Waals surface area contributed by atoms with E-state index in [1.54, 1.807) is 7.11 Å². The van der Waals surface area contributed by atoms with Crippen LogP contribution in [0.5, 0.6) is 5.75 Å². The smallest absolute Gasteiger partial charge is 0.224 e. The van der Waals surface area contributed by atoms with Gasteiger partial charge in [-0.1, -0.05) is 36.4 Å². The Hall–Kier alpha value is -2.33. The Morgan fingerprint density at radius 3 is 2.44 bits per heavy atom. The Morgan fingerprint density at radius 2 is 1.80 bits per heavy atom. The summed E-state index contributed by atoms with van der Waals surface area (Å²) in [5.74, 6) is 1.43. The number of nitrogens with zero attached hydrogens (tertiary/aromatic N) is 1. The lowest BCUT2D eigenvalue weighted by molar-refractivity contribution is -0.122. The number of ether oxygens (including phenoxy) is 1. The largest absolute Gasteiger partial charge is 0.497 e. The molecular formula is C21H26N2O2. The number of hydrogen-bond donors (Lipinski definition) is 1. The average molecular weight is 338 g/mol. The van der Waals surface area contributed by atoms with Crippen molar-refractivity contribution in [2.75, 3.05) is 21.2 Å². The minimum atomic E-state index is 0.0920. The van der Waals surface area contributed by atoms with Gasteiger partial charge in [0.15, 0.2) is 0 Å². The van der Waals surface area contributed by atoms with Crippen LogP contribution in [0.2, 0.25) is 0 Å². The summed E-state index contributed by atoms with van der Waals surface area (Å²) in [4.78, 5) is 14.6. The zero-order valence-electron chi connectivity index (χ0n) is 15.2. The minimum Gasteiger partial charge on any atom is -0.497 e. The maximum Gasteiger partial charge on any atom is 0.224 e. The third-order valence-electron chi connectivity index (χ3n) is 4.73. The Labute approximate surface area is 149 Å². The average Bonchev–Trinajstić information content (AvgIpc) is 3.41. The molecule has 1 aliphatic rings. The Morgan fingerprint density at radius 1 is 1.12 bits per heavy atom. The number of methoxy groups -OCH3 is 1. The highest BCUT2D eigenvalue weighted by atomic mass is 16.5. The molecule has 1 saturated carbocycles. The normalized spacial score (nSPS) is 18.9. The fourth-order valence-corrected chi connectivity index (χ4v) is 3.24. The quantitative estimate of drug-likeness (QED) is 0.843. The maximum atomic E-state index is 12.5. The van der Waals surface area contributed by atoms with Crippen LogP contribution in [0.25, 0.3) is 0 Å². The molecule has 0 saturated heterocycles. The van der Waals surface area contributed by atoms with Crippen LogP contribution in [0.4, 0.5) is 0 Å². The second-order valence-corrected chi connectivity index (χ2v) is 6.95. The van der Waals surface area contributed by atoms with Crippen LogP contribution in [-0.4, -0.2) is 32.0 Å². The van der Waals surface area contributed by atoms with Crippen LogP contribution in [0, 0.1) is 5.92 Å². The van der Waals surface area contributed by atoms with Gasteiger partial charge < -0.3 is 15.0 Å². The van der Waals surface area contributed by atoms with Crippen molar-refractivity contribution in [1.82, 2.24) is 10.2 Å². The van der Waals surface area contributed by atoms with E-state index in [0.717, 1.165) is 18.7 Å². The molecule has 1 N–H and O–H groups in total. The third-order valence-corrected chi connectivity index (χ3v) is 4.73. The molecule has 4 heteroatoms. The van der Waals surface area contributed by atoms with Crippen molar-refractivity contribution in [3.63, 3.8) is 0 Å². The molecular weight excluding hydrogens is 312 g/mol. The molecule has 1 fully saturated rings. The molecule has 25 heavy (non-hydrogen) atoms. The summed E-state index contributed by atoms with van der Waals surface area (Å²) in [7, 11) is 5.77. The van der Waals surface area contributed by atoms with E-state index in [1.165, 1.54) is 16.7 Å². The number of benzene rings is 2. The first kappa shape index (κ1) is 17.5. The van der Waals surface area contributed by atoms with Crippen molar-refractivity contribution in [2.24, 2.45) is 5.92 Å². The van der Waals surface area contributed by atoms with Crippen molar-refractivity contribution >= 4 is 5.91 Å². The molecule has 0 unspecified atom stereocenters. The minimum absolute atomic E-state index is 0.0920. The third kappa shape index (κ3) is 4.40. The molecule has 0 spiro atoms. The molecule has 132 valence electrons. The van der Waals surface area contributed by atoms with Gasteiger partial charge in [-0.05, 0) is 55.3 Å². The van der Waals surface area contributed by atoms with Gasteiger partial charge in [0.2, 0.25) is 5.91 Å². The summed E-state index contributed by atoms with van der Waals surface area (Å²) in [5, 5.41) is 3.11. The number of carbonyl (C=O) groups excluding carboxylic acids is 1. The fraction of sp³-hybridized carbons (Fsp3) is 0.381. The van der Waals surface area contributed by atoms with Crippen molar-refractivity contribution in [3.05, 3.63) is 65.2 Å². The molecule has 0 bridgehead atoms. The summed E-state index contributed by atoms with van der Waals surface area (Å²) in [6.45, 7) is 1.47. The Balaban J connectivity index is 1.55. The van der Waals surface area contributed by atoms with Crippen LogP contribution < -0.4 is 10.1 Å². The number of nitrogens with one attached hydrogen (secondary N) is 1. The van der Waals surface area contributed by atoms with Gasteiger partial charge in [-0.3, -0.25) is 4.79 Å². The van der Waals surface area contributed by atoms with Gasteiger partial charge in [-0.15, -0.1) is 0 Å². The van der Waals surface area contributed by atoms with E-state index in [9.17, 15) is 4.79 Å². The lowest BCUT2D eigenvalue weighted by Gasteiger charge is -2.14. The molecule has 1 aliphatic carbocycles. The van der Waals surface area contributed by atoms with Crippen molar-refractivity contribution < 1.29 is 9.53 Å². The van der Waals surface area contributed by atoms with E-state index in [0.29, 0.717) is 12.5 Å². The number of hydrogen-bond acceptors (Lipinski definition) is 3. The Kier molecular flexibility index (Phi) is 5.39. The highest BCUT2D eigenvalue weighted by Gasteiger charge is 2.43. The molecule has 0 radical (unpaired) electrons. The van der Waals surface area contributed by atoms with Gasteiger partial charge in [0, 0.05) is 19.0 Å². The fourth-order valence-electron chi connectivity index (χ4n) is 3.24. The number of rotatable bonds is 7. The first-order valence-electron chi connectivity index (χ1n) is 8.71. The first-order chi connectivity index (χ1) is 12.1. The summed E-state index contributed by atoms with van der Waals surface area (Å²) in [6, 6.07) is 16.3. The van der Waals surface area contributed by atoms with Crippen LogP contribution in [0.3, 0.4) is 0 Å². The molecule has 0 heterocycles. The van der Waals surface area contributed by atoms with Crippen LogP contribution in [-0.2, 0) is 17.9 Å². The van der Waals surface area contributed by atoms with Gasteiger partial charge in [-0.2, -0.15) is 0 Å². The summed E-state index contributed by atoms with van der Waals surface area (Å²) < 4.78 is 5.19. The van der Waals surface area contributed by atoms with E-state index in [-0.39, 0.29) is 11.8 Å². The van der Waals surface area contributed by atoms with E-state index in [1.807, 2.05) is 24.3 Å². The highest BCUT2D eigenvalue weighted by Crippen LogP contribution is 2.47.